The molecule has 0 spiro atoms. The second-order valence-corrected chi connectivity index (χ2v) is 6.93. The molecule has 4 heterocycles. The van der Waals surface area contributed by atoms with Gasteiger partial charge in [-0.3, -0.25) is 0 Å². The molecule has 10 heteroatoms. The van der Waals surface area contributed by atoms with Crippen LogP contribution in [0.4, 0.5) is 11.8 Å². The maximum Gasteiger partial charge on any atom is 0.254 e. The molecule has 4 aromatic rings. The van der Waals surface area contributed by atoms with E-state index >= 15 is 0 Å². The number of fused-ring (bicyclic) bond motifs is 1. The summed E-state index contributed by atoms with van der Waals surface area (Å²) in [5.74, 6) is 2.40. The van der Waals surface area contributed by atoms with E-state index in [2.05, 4.69) is 59.4 Å². The second kappa shape index (κ2) is 6.55. The zero-order chi connectivity index (χ0) is 19.1. The number of aromatic nitrogens is 8. The van der Waals surface area contributed by atoms with Crippen LogP contribution < -0.4 is 9.80 Å². The minimum atomic E-state index is 0.626. The van der Waals surface area contributed by atoms with Crippen molar-refractivity contribution in [2.75, 3.05) is 36.0 Å². The Balaban J connectivity index is 1.38. The minimum Gasteiger partial charge on any atom is -0.353 e. The van der Waals surface area contributed by atoms with E-state index in [1.54, 1.807) is 9.20 Å². The van der Waals surface area contributed by atoms with Gasteiger partial charge >= 0.3 is 0 Å². The predicted molar refractivity (Wildman–Crippen MR) is 104 cm³/mol. The van der Waals surface area contributed by atoms with Gasteiger partial charge in [0.15, 0.2) is 0 Å². The summed E-state index contributed by atoms with van der Waals surface area (Å²) in [7, 11) is 0. The first-order valence-corrected chi connectivity index (χ1v) is 9.22. The maximum atomic E-state index is 4.42. The van der Waals surface area contributed by atoms with E-state index in [0.29, 0.717) is 5.78 Å². The molecule has 142 valence electrons. The Morgan fingerprint density at radius 3 is 2.46 bits per heavy atom. The number of hydrogen-bond acceptors (Lipinski definition) is 8. The molecule has 0 radical (unpaired) electrons. The van der Waals surface area contributed by atoms with Crippen LogP contribution in [0.15, 0.2) is 36.7 Å². The van der Waals surface area contributed by atoms with Crippen LogP contribution in [0.2, 0.25) is 0 Å². The molecule has 1 fully saturated rings. The molecule has 5 rings (SSSR count). The highest BCUT2D eigenvalue weighted by atomic mass is 15.6. The Hall–Kier alpha value is -3.56. The van der Waals surface area contributed by atoms with Gasteiger partial charge in [0.2, 0.25) is 5.95 Å². The summed E-state index contributed by atoms with van der Waals surface area (Å²) in [6.07, 6.45) is 1.54. The molecular formula is C18H20N10. The van der Waals surface area contributed by atoms with Crippen molar-refractivity contribution in [2.45, 2.75) is 13.8 Å². The number of aryl methyl sites for hydroxylation is 2. The average molecular weight is 376 g/mol. The minimum absolute atomic E-state index is 0.626. The summed E-state index contributed by atoms with van der Waals surface area (Å²) in [5.41, 5.74) is 3.10. The zero-order valence-corrected chi connectivity index (χ0v) is 15.8. The molecule has 10 nitrogen and oxygen atoms in total. The summed E-state index contributed by atoms with van der Waals surface area (Å²) in [4.78, 5) is 13.1. The van der Waals surface area contributed by atoms with Crippen molar-refractivity contribution in [2.24, 2.45) is 0 Å². The van der Waals surface area contributed by atoms with Crippen LogP contribution in [-0.4, -0.2) is 66.0 Å². The first-order valence-electron chi connectivity index (χ1n) is 9.22. The fraction of sp³-hybridized carbons (Fsp3) is 0.333. The smallest absolute Gasteiger partial charge is 0.254 e. The molecule has 0 bridgehead atoms. The van der Waals surface area contributed by atoms with Crippen molar-refractivity contribution in [3.05, 3.63) is 47.9 Å². The van der Waals surface area contributed by atoms with E-state index in [1.807, 2.05) is 25.1 Å². The number of hydrogen-bond donors (Lipinski definition) is 0. The van der Waals surface area contributed by atoms with Crippen LogP contribution in [-0.2, 0) is 0 Å². The highest BCUT2D eigenvalue weighted by Crippen LogP contribution is 2.21. The van der Waals surface area contributed by atoms with E-state index in [0.717, 1.165) is 49.3 Å². The Bertz CT molecular complexity index is 1110. The van der Waals surface area contributed by atoms with Crippen LogP contribution in [0.1, 0.15) is 11.3 Å². The van der Waals surface area contributed by atoms with Crippen molar-refractivity contribution < 1.29 is 0 Å². The fourth-order valence-corrected chi connectivity index (χ4v) is 3.50. The third-order valence-electron chi connectivity index (χ3n) is 4.98. The topological polar surface area (TPSA) is 93.2 Å². The van der Waals surface area contributed by atoms with E-state index in [9.17, 15) is 0 Å². The van der Waals surface area contributed by atoms with E-state index in [1.165, 1.54) is 11.9 Å². The lowest BCUT2D eigenvalue weighted by Gasteiger charge is -2.35. The lowest BCUT2D eigenvalue weighted by atomic mass is 10.2. The molecule has 0 amide bonds. The Kier molecular flexibility index (Phi) is 3.89. The van der Waals surface area contributed by atoms with Crippen molar-refractivity contribution >= 4 is 17.5 Å². The predicted octanol–water partition coefficient (Wildman–Crippen LogP) is 1.04. The monoisotopic (exact) mass is 376 g/mol. The average Bonchev–Trinajstić information content (AvgIpc) is 3.37. The number of benzene rings is 1. The molecule has 0 aliphatic carbocycles. The standard InChI is InChI=1S/C18H20N10/c1-13-3-5-15(6-4-13)27-18(22-23-24-27)26-9-7-25(8-10-26)16-11-14(2)21-17-19-12-20-28(16)17/h3-6,11-12H,7-10H2,1-2H3. The Morgan fingerprint density at radius 1 is 0.929 bits per heavy atom. The van der Waals surface area contributed by atoms with Crippen molar-refractivity contribution in [3.8, 4) is 5.69 Å². The summed E-state index contributed by atoms with van der Waals surface area (Å²) >= 11 is 0. The maximum absolute atomic E-state index is 4.42. The van der Waals surface area contributed by atoms with E-state index in [4.69, 9.17) is 0 Å². The first kappa shape index (κ1) is 16.6. The fourth-order valence-electron chi connectivity index (χ4n) is 3.50. The molecule has 1 aliphatic rings. The van der Waals surface area contributed by atoms with Gasteiger partial charge in [0.1, 0.15) is 12.1 Å². The molecule has 3 aromatic heterocycles. The van der Waals surface area contributed by atoms with Crippen molar-refractivity contribution in [3.63, 3.8) is 0 Å². The van der Waals surface area contributed by atoms with Crippen LogP contribution in [0.5, 0.6) is 0 Å². The summed E-state index contributed by atoms with van der Waals surface area (Å²) in [6, 6.07) is 10.2. The first-order chi connectivity index (χ1) is 13.7. The highest BCUT2D eigenvalue weighted by molar-refractivity contribution is 5.49. The number of anilines is 2. The highest BCUT2D eigenvalue weighted by Gasteiger charge is 2.24. The van der Waals surface area contributed by atoms with Crippen LogP contribution in [0.3, 0.4) is 0 Å². The normalized spacial score (nSPS) is 14.8. The largest absolute Gasteiger partial charge is 0.353 e. The molecule has 1 aliphatic heterocycles. The number of piperazine rings is 1. The lowest BCUT2D eigenvalue weighted by Crippen LogP contribution is -2.48. The van der Waals surface area contributed by atoms with Gasteiger partial charge in [-0.05, 0) is 36.4 Å². The van der Waals surface area contributed by atoms with Gasteiger partial charge in [0.25, 0.3) is 5.78 Å². The van der Waals surface area contributed by atoms with Gasteiger partial charge in [-0.15, -0.1) is 0 Å². The van der Waals surface area contributed by atoms with E-state index in [-0.39, 0.29) is 0 Å². The SMILES string of the molecule is Cc1ccc(-n2nnnc2N2CCN(c3cc(C)nc4ncnn34)CC2)cc1. The van der Waals surface area contributed by atoms with Gasteiger partial charge < -0.3 is 9.80 Å². The molecule has 0 N–H and O–H groups in total. The Morgan fingerprint density at radius 2 is 1.68 bits per heavy atom. The van der Waals surface area contributed by atoms with Crippen LogP contribution in [0.25, 0.3) is 11.5 Å². The number of rotatable bonds is 3. The summed E-state index contributed by atoms with van der Waals surface area (Å²) < 4.78 is 3.58. The van der Waals surface area contributed by atoms with Gasteiger partial charge in [-0.2, -0.15) is 19.3 Å². The zero-order valence-electron chi connectivity index (χ0n) is 15.8. The summed E-state index contributed by atoms with van der Waals surface area (Å²) in [6.45, 7) is 7.33. The molecule has 0 atom stereocenters. The van der Waals surface area contributed by atoms with Gasteiger partial charge in [-0.1, -0.05) is 22.8 Å². The Labute approximate surface area is 161 Å². The third kappa shape index (κ3) is 2.82. The van der Waals surface area contributed by atoms with Gasteiger partial charge in [-0.25, -0.2) is 4.98 Å². The van der Waals surface area contributed by atoms with Crippen LogP contribution >= 0.6 is 0 Å². The number of tetrazole rings is 1. The number of nitrogens with zero attached hydrogens (tertiary/aromatic N) is 10. The second-order valence-electron chi connectivity index (χ2n) is 6.93. The van der Waals surface area contributed by atoms with Gasteiger partial charge in [0.05, 0.1) is 5.69 Å². The molecule has 28 heavy (non-hydrogen) atoms. The lowest BCUT2D eigenvalue weighted by molar-refractivity contribution is 0.619. The summed E-state index contributed by atoms with van der Waals surface area (Å²) in [5, 5.41) is 16.7. The van der Waals surface area contributed by atoms with Crippen molar-refractivity contribution in [1.82, 2.24) is 39.8 Å². The molecule has 0 saturated carbocycles. The van der Waals surface area contributed by atoms with Crippen molar-refractivity contribution in [1.29, 1.82) is 0 Å². The quantitative estimate of drug-likeness (QED) is 0.524. The van der Waals surface area contributed by atoms with Gasteiger partial charge in [0, 0.05) is 37.9 Å². The third-order valence-corrected chi connectivity index (χ3v) is 4.98. The molecule has 1 saturated heterocycles. The molecule has 1 aromatic carbocycles. The van der Waals surface area contributed by atoms with E-state index < -0.39 is 0 Å². The molecular weight excluding hydrogens is 356 g/mol. The molecule has 0 unspecified atom stereocenters. The van der Waals surface area contributed by atoms with Crippen LogP contribution in [0, 0.1) is 13.8 Å².